The van der Waals surface area contributed by atoms with Crippen LogP contribution in [0.25, 0.3) is 11.1 Å². The van der Waals surface area contributed by atoms with Gasteiger partial charge in [0.05, 0.1) is 6.54 Å². The molecule has 2 rings (SSSR count). The number of rotatable bonds is 11. The minimum atomic E-state index is -0.256. The molecule has 0 aliphatic carbocycles. The maximum Gasteiger partial charge on any atom is 0.271 e. The Balaban J connectivity index is 2.11. The number of ketones is 1. The summed E-state index contributed by atoms with van der Waals surface area (Å²) in [4.78, 5) is 44.1. The van der Waals surface area contributed by atoms with E-state index in [-0.39, 0.29) is 35.6 Å². The van der Waals surface area contributed by atoms with Crippen molar-refractivity contribution in [3.05, 3.63) is 23.6 Å². The van der Waals surface area contributed by atoms with Crippen LogP contribution < -0.4 is 5.32 Å². The second-order valence-corrected chi connectivity index (χ2v) is 7.46. The van der Waals surface area contributed by atoms with Crippen LogP contribution in [0.5, 0.6) is 0 Å². The molecule has 8 nitrogen and oxygen atoms in total. The van der Waals surface area contributed by atoms with Crippen molar-refractivity contribution in [2.45, 2.75) is 26.7 Å². The van der Waals surface area contributed by atoms with Crippen LogP contribution in [0.1, 0.15) is 47.7 Å². The van der Waals surface area contributed by atoms with Crippen LogP contribution in [-0.4, -0.2) is 73.5 Å². The van der Waals surface area contributed by atoms with Gasteiger partial charge in [-0.2, -0.15) is 0 Å². The Kier molecular flexibility index (Phi) is 7.90. The molecule has 29 heavy (non-hydrogen) atoms. The summed E-state index contributed by atoms with van der Waals surface area (Å²) >= 11 is 0. The molecule has 2 aromatic rings. The number of furan rings is 1. The van der Waals surface area contributed by atoms with Crippen LogP contribution in [0.3, 0.4) is 0 Å². The minimum absolute atomic E-state index is 0.0517. The second kappa shape index (κ2) is 10.2. The SMILES string of the molecule is CCN(C)CCC[C@H](C)C(=O)CNc1c(C=O)oc2ccc(C(=O)N(C)C)nc12. The zero-order valence-electron chi connectivity index (χ0n) is 17.8. The third-order valence-electron chi connectivity index (χ3n) is 5.00. The lowest BCUT2D eigenvalue weighted by atomic mass is 10.00. The molecule has 0 aliphatic heterocycles. The molecule has 2 aromatic heterocycles. The van der Waals surface area contributed by atoms with Crippen molar-refractivity contribution >= 4 is 34.8 Å². The molecule has 0 unspecified atom stereocenters. The second-order valence-electron chi connectivity index (χ2n) is 7.46. The van der Waals surface area contributed by atoms with Gasteiger partial charge in [-0.3, -0.25) is 14.4 Å². The van der Waals surface area contributed by atoms with Crippen LogP contribution in [0.15, 0.2) is 16.5 Å². The van der Waals surface area contributed by atoms with E-state index in [2.05, 4.69) is 29.2 Å². The number of anilines is 1. The van der Waals surface area contributed by atoms with Crippen molar-refractivity contribution in [2.75, 3.05) is 46.1 Å². The number of nitrogens with one attached hydrogen (secondary N) is 1. The molecule has 8 heteroatoms. The maximum atomic E-state index is 12.5. The number of nitrogens with zero attached hydrogens (tertiary/aromatic N) is 3. The summed E-state index contributed by atoms with van der Waals surface area (Å²) in [5.41, 5.74) is 1.33. The van der Waals surface area contributed by atoms with E-state index in [0.717, 1.165) is 25.9 Å². The van der Waals surface area contributed by atoms with E-state index in [0.29, 0.717) is 23.1 Å². The molecule has 0 aromatic carbocycles. The quantitative estimate of drug-likeness (QED) is 0.577. The largest absolute Gasteiger partial charge is 0.449 e. The Morgan fingerprint density at radius 1 is 1.28 bits per heavy atom. The van der Waals surface area contributed by atoms with E-state index < -0.39 is 0 Å². The van der Waals surface area contributed by atoms with E-state index >= 15 is 0 Å². The first kappa shape index (κ1) is 22.5. The highest BCUT2D eigenvalue weighted by molar-refractivity contribution is 6.01. The number of carbonyl (C=O) groups excluding carboxylic acids is 3. The third kappa shape index (κ3) is 5.63. The average Bonchev–Trinajstić information content (AvgIpc) is 3.07. The van der Waals surface area contributed by atoms with E-state index in [1.165, 1.54) is 4.90 Å². The summed E-state index contributed by atoms with van der Waals surface area (Å²) < 4.78 is 5.51. The van der Waals surface area contributed by atoms with Gasteiger partial charge in [-0.15, -0.1) is 0 Å². The van der Waals surface area contributed by atoms with Crippen LogP contribution in [0, 0.1) is 5.92 Å². The highest BCUT2D eigenvalue weighted by Crippen LogP contribution is 2.29. The summed E-state index contributed by atoms with van der Waals surface area (Å²) in [7, 11) is 5.33. The lowest BCUT2D eigenvalue weighted by molar-refractivity contribution is -0.120. The van der Waals surface area contributed by atoms with Crippen LogP contribution >= 0.6 is 0 Å². The third-order valence-corrected chi connectivity index (χ3v) is 5.00. The number of amides is 1. The Hall–Kier alpha value is -2.74. The number of fused-ring (bicyclic) bond motifs is 1. The number of carbonyl (C=O) groups is 3. The summed E-state index contributed by atoms with van der Waals surface area (Å²) in [6.07, 6.45) is 2.33. The van der Waals surface area contributed by atoms with E-state index in [1.54, 1.807) is 26.2 Å². The predicted molar refractivity (Wildman–Crippen MR) is 112 cm³/mol. The van der Waals surface area contributed by atoms with Gasteiger partial charge in [0.2, 0.25) is 0 Å². The topological polar surface area (TPSA) is 95.8 Å². The predicted octanol–water partition coefficient (Wildman–Crippen LogP) is 2.69. The normalized spacial score (nSPS) is 12.2. The summed E-state index contributed by atoms with van der Waals surface area (Å²) in [5, 5.41) is 3.00. The molecule has 1 N–H and O–H groups in total. The van der Waals surface area contributed by atoms with Crippen molar-refractivity contribution in [1.29, 1.82) is 0 Å². The Bertz CT molecular complexity index is 875. The van der Waals surface area contributed by atoms with Gasteiger partial charge in [0.15, 0.2) is 23.4 Å². The van der Waals surface area contributed by atoms with Gasteiger partial charge in [0.25, 0.3) is 5.91 Å². The van der Waals surface area contributed by atoms with Gasteiger partial charge in [-0.1, -0.05) is 13.8 Å². The molecular weight excluding hydrogens is 372 g/mol. The van der Waals surface area contributed by atoms with E-state index in [4.69, 9.17) is 4.42 Å². The molecule has 0 fully saturated rings. The molecule has 0 spiro atoms. The average molecular weight is 402 g/mol. The minimum Gasteiger partial charge on any atom is -0.449 e. The van der Waals surface area contributed by atoms with Crippen LogP contribution in [0.2, 0.25) is 0 Å². The van der Waals surface area contributed by atoms with Gasteiger partial charge in [0.1, 0.15) is 16.9 Å². The monoisotopic (exact) mass is 402 g/mol. The van der Waals surface area contributed by atoms with Crippen molar-refractivity contribution < 1.29 is 18.8 Å². The first-order chi connectivity index (χ1) is 13.8. The zero-order valence-corrected chi connectivity index (χ0v) is 17.8. The molecule has 0 saturated carbocycles. The van der Waals surface area contributed by atoms with Gasteiger partial charge >= 0.3 is 0 Å². The van der Waals surface area contributed by atoms with Crippen molar-refractivity contribution in [2.24, 2.45) is 5.92 Å². The Morgan fingerprint density at radius 2 is 2.00 bits per heavy atom. The molecule has 1 atom stereocenters. The molecule has 1 amide bonds. The van der Waals surface area contributed by atoms with Gasteiger partial charge < -0.3 is 19.5 Å². The van der Waals surface area contributed by atoms with Crippen LogP contribution in [0.4, 0.5) is 5.69 Å². The summed E-state index contributed by atoms with van der Waals surface area (Å²) in [5.74, 6) is -0.235. The number of aldehydes is 1. The number of aromatic nitrogens is 1. The Labute approximate surface area is 171 Å². The molecular formula is C21H30N4O4. The summed E-state index contributed by atoms with van der Waals surface area (Å²) in [6.45, 7) is 6.01. The maximum absolute atomic E-state index is 12.5. The lowest BCUT2D eigenvalue weighted by Crippen LogP contribution is -2.24. The van der Waals surface area contributed by atoms with Crippen molar-refractivity contribution in [1.82, 2.24) is 14.8 Å². The van der Waals surface area contributed by atoms with Gasteiger partial charge in [-0.05, 0) is 45.1 Å². The molecule has 0 radical (unpaired) electrons. The fraction of sp³-hybridized carbons (Fsp3) is 0.524. The van der Waals surface area contributed by atoms with E-state index in [9.17, 15) is 14.4 Å². The first-order valence-electron chi connectivity index (χ1n) is 9.83. The Morgan fingerprint density at radius 3 is 2.62 bits per heavy atom. The van der Waals surface area contributed by atoms with Gasteiger partial charge in [0, 0.05) is 20.0 Å². The smallest absolute Gasteiger partial charge is 0.271 e. The standard InChI is InChI=1S/C21H30N4O4/c1-6-25(5)11-7-8-14(2)16(27)12-22-19-18(13-26)29-17-10-9-15(23-20(17)19)21(28)24(3)4/h9-10,13-14,22H,6-8,11-12H2,1-5H3/t14-/m0/s1. The number of hydrogen-bond acceptors (Lipinski definition) is 7. The van der Waals surface area contributed by atoms with Gasteiger partial charge in [-0.25, -0.2) is 4.98 Å². The molecule has 0 aliphatic rings. The summed E-state index contributed by atoms with van der Waals surface area (Å²) in [6, 6.07) is 3.15. The number of Topliss-reactive ketones (excluding diaryl/α,β-unsaturated/α-hetero) is 1. The van der Waals surface area contributed by atoms with Crippen LogP contribution in [-0.2, 0) is 4.79 Å². The number of hydrogen-bond donors (Lipinski definition) is 1. The lowest BCUT2D eigenvalue weighted by Gasteiger charge is -2.16. The number of pyridine rings is 1. The zero-order chi connectivity index (χ0) is 21.6. The molecule has 158 valence electrons. The van der Waals surface area contributed by atoms with Crippen molar-refractivity contribution in [3.63, 3.8) is 0 Å². The first-order valence-corrected chi connectivity index (χ1v) is 9.83. The van der Waals surface area contributed by atoms with E-state index in [1.807, 2.05) is 6.92 Å². The molecule has 0 saturated heterocycles. The highest BCUT2D eigenvalue weighted by Gasteiger charge is 2.20. The fourth-order valence-corrected chi connectivity index (χ4v) is 2.93. The molecule has 0 bridgehead atoms. The molecule has 2 heterocycles. The van der Waals surface area contributed by atoms with Crippen molar-refractivity contribution in [3.8, 4) is 0 Å². The highest BCUT2D eigenvalue weighted by atomic mass is 16.3. The fourth-order valence-electron chi connectivity index (χ4n) is 2.93.